The second kappa shape index (κ2) is 7.40. The van der Waals surface area contributed by atoms with Crippen LogP contribution in [-0.4, -0.2) is 47.8 Å². The van der Waals surface area contributed by atoms with E-state index in [1.807, 2.05) is 34.9 Å². The predicted octanol–water partition coefficient (Wildman–Crippen LogP) is 3.30. The van der Waals surface area contributed by atoms with E-state index in [9.17, 15) is 9.59 Å². The highest BCUT2D eigenvalue weighted by molar-refractivity contribution is 9.11. The molecular weight excluding hydrogens is 400 g/mol. The van der Waals surface area contributed by atoms with Gasteiger partial charge >= 0.3 is 0 Å². The Morgan fingerprint density at radius 1 is 1.10 bits per heavy atom. The Labute approximate surface area is 141 Å². The smallest absolute Gasteiger partial charge is 0.255 e. The molecule has 0 saturated carbocycles. The second-order valence-electron chi connectivity index (χ2n) is 5.00. The molecule has 0 N–H and O–H groups in total. The normalized spacial score (nSPS) is 15.8. The lowest BCUT2D eigenvalue weighted by Gasteiger charge is -2.22. The van der Waals surface area contributed by atoms with E-state index in [2.05, 4.69) is 31.9 Å². The van der Waals surface area contributed by atoms with Crippen molar-refractivity contribution in [3.05, 3.63) is 32.7 Å². The molecule has 0 radical (unpaired) electrons. The molecule has 4 nitrogen and oxygen atoms in total. The molecule has 1 aromatic rings. The van der Waals surface area contributed by atoms with Gasteiger partial charge in [0.15, 0.2) is 0 Å². The second-order valence-corrected chi connectivity index (χ2v) is 6.77. The number of carbonyl (C=O) groups excluding carboxylic acids is 2. The summed E-state index contributed by atoms with van der Waals surface area (Å²) in [5.74, 6) is 0.168. The average molecular weight is 418 g/mol. The van der Waals surface area contributed by atoms with Gasteiger partial charge in [-0.2, -0.15) is 0 Å². The summed E-state index contributed by atoms with van der Waals surface area (Å²) in [6.07, 6.45) is 1.34. The Hall–Kier alpha value is -0.880. The Balaban J connectivity index is 2.10. The van der Waals surface area contributed by atoms with Crippen LogP contribution in [0.3, 0.4) is 0 Å². The SMILES string of the molecule is CCC(=O)N1CCCN(C(=O)c2cc(Br)ccc2Br)CC1. The molecule has 1 aromatic carbocycles. The number of carbonyl (C=O) groups is 2. The lowest BCUT2D eigenvalue weighted by molar-refractivity contribution is -0.130. The van der Waals surface area contributed by atoms with E-state index in [4.69, 9.17) is 0 Å². The highest BCUT2D eigenvalue weighted by Crippen LogP contribution is 2.23. The van der Waals surface area contributed by atoms with Gasteiger partial charge in [0, 0.05) is 41.5 Å². The molecule has 1 saturated heterocycles. The summed E-state index contributed by atoms with van der Waals surface area (Å²) < 4.78 is 1.67. The molecule has 0 unspecified atom stereocenters. The van der Waals surface area contributed by atoms with Crippen LogP contribution in [-0.2, 0) is 4.79 Å². The highest BCUT2D eigenvalue weighted by Gasteiger charge is 2.23. The number of hydrogen-bond acceptors (Lipinski definition) is 2. The molecule has 6 heteroatoms. The van der Waals surface area contributed by atoms with E-state index in [0.717, 1.165) is 21.9 Å². The van der Waals surface area contributed by atoms with Crippen molar-refractivity contribution in [3.8, 4) is 0 Å². The first kappa shape index (κ1) is 16.5. The van der Waals surface area contributed by atoms with Gasteiger partial charge in [0.1, 0.15) is 0 Å². The summed E-state index contributed by atoms with van der Waals surface area (Å²) in [4.78, 5) is 28.1. The first-order valence-corrected chi connectivity index (χ1v) is 8.63. The van der Waals surface area contributed by atoms with Crippen molar-refractivity contribution in [2.75, 3.05) is 26.2 Å². The molecule has 1 aliphatic heterocycles. The van der Waals surface area contributed by atoms with Crippen molar-refractivity contribution in [1.29, 1.82) is 0 Å². The Morgan fingerprint density at radius 3 is 2.48 bits per heavy atom. The largest absolute Gasteiger partial charge is 0.341 e. The van der Waals surface area contributed by atoms with Crippen LogP contribution >= 0.6 is 31.9 Å². The molecule has 114 valence electrons. The quantitative estimate of drug-likeness (QED) is 0.740. The lowest BCUT2D eigenvalue weighted by atomic mass is 10.2. The van der Waals surface area contributed by atoms with Gasteiger partial charge in [-0.05, 0) is 40.5 Å². The summed E-state index contributed by atoms with van der Waals surface area (Å²) in [7, 11) is 0. The van der Waals surface area contributed by atoms with Crippen molar-refractivity contribution in [2.24, 2.45) is 0 Å². The Bertz CT molecular complexity index is 548. The minimum Gasteiger partial charge on any atom is -0.341 e. The zero-order valence-corrected chi connectivity index (χ0v) is 15.1. The molecule has 0 atom stereocenters. The molecule has 1 aliphatic rings. The maximum absolute atomic E-state index is 12.6. The van der Waals surface area contributed by atoms with E-state index in [0.29, 0.717) is 31.6 Å². The number of halogens is 2. The van der Waals surface area contributed by atoms with Gasteiger partial charge in [-0.3, -0.25) is 9.59 Å². The standard InChI is InChI=1S/C15H18Br2N2O2/c1-2-14(20)18-6-3-7-19(9-8-18)15(21)12-10-11(16)4-5-13(12)17/h4-5,10H,2-3,6-9H2,1H3. The fraction of sp³-hybridized carbons (Fsp3) is 0.467. The van der Waals surface area contributed by atoms with Gasteiger partial charge in [-0.1, -0.05) is 22.9 Å². The van der Waals surface area contributed by atoms with Gasteiger partial charge in [-0.25, -0.2) is 0 Å². The molecular formula is C15H18Br2N2O2. The topological polar surface area (TPSA) is 40.6 Å². The van der Waals surface area contributed by atoms with Crippen LogP contribution in [0.4, 0.5) is 0 Å². The number of rotatable bonds is 2. The van der Waals surface area contributed by atoms with Crippen molar-refractivity contribution in [1.82, 2.24) is 9.80 Å². The third kappa shape index (κ3) is 4.07. The maximum Gasteiger partial charge on any atom is 0.255 e. The van der Waals surface area contributed by atoms with Crippen LogP contribution in [0.15, 0.2) is 27.1 Å². The van der Waals surface area contributed by atoms with Crippen molar-refractivity contribution in [3.63, 3.8) is 0 Å². The molecule has 0 aliphatic carbocycles. The number of nitrogens with zero attached hydrogens (tertiary/aromatic N) is 2. The van der Waals surface area contributed by atoms with Crippen LogP contribution < -0.4 is 0 Å². The van der Waals surface area contributed by atoms with Crippen LogP contribution in [0.25, 0.3) is 0 Å². The molecule has 2 rings (SSSR count). The summed E-state index contributed by atoms with van der Waals surface area (Å²) >= 11 is 6.83. The van der Waals surface area contributed by atoms with Crippen molar-refractivity contribution >= 4 is 43.7 Å². The van der Waals surface area contributed by atoms with Crippen molar-refractivity contribution in [2.45, 2.75) is 19.8 Å². The van der Waals surface area contributed by atoms with Crippen LogP contribution in [0.1, 0.15) is 30.1 Å². The van der Waals surface area contributed by atoms with Gasteiger partial charge < -0.3 is 9.80 Å². The summed E-state index contributed by atoms with van der Waals surface area (Å²) in [5.41, 5.74) is 0.652. The Kier molecular flexibility index (Phi) is 5.81. The average Bonchev–Trinajstić information content (AvgIpc) is 2.74. The third-order valence-corrected chi connectivity index (χ3v) is 4.78. The first-order chi connectivity index (χ1) is 10.0. The van der Waals surface area contributed by atoms with Gasteiger partial charge in [0.2, 0.25) is 5.91 Å². The zero-order valence-electron chi connectivity index (χ0n) is 11.9. The molecule has 2 amide bonds. The molecule has 21 heavy (non-hydrogen) atoms. The van der Waals surface area contributed by atoms with Crippen LogP contribution in [0.2, 0.25) is 0 Å². The first-order valence-electron chi connectivity index (χ1n) is 7.05. The fourth-order valence-electron chi connectivity index (χ4n) is 2.43. The summed E-state index contributed by atoms with van der Waals surface area (Å²) in [6.45, 7) is 4.49. The highest BCUT2D eigenvalue weighted by atomic mass is 79.9. The molecule has 0 aromatic heterocycles. The van der Waals surface area contributed by atoms with E-state index < -0.39 is 0 Å². The lowest BCUT2D eigenvalue weighted by Crippen LogP contribution is -2.37. The molecule has 1 fully saturated rings. The summed E-state index contributed by atoms with van der Waals surface area (Å²) in [5, 5.41) is 0. The van der Waals surface area contributed by atoms with Gasteiger partial charge in [-0.15, -0.1) is 0 Å². The van der Waals surface area contributed by atoms with E-state index >= 15 is 0 Å². The molecule has 1 heterocycles. The Morgan fingerprint density at radius 2 is 1.76 bits per heavy atom. The number of amides is 2. The van der Waals surface area contributed by atoms with Gasteiger partial charge in [0.05, 0.1) is 5.56 Å². The van der Waals surface area contributed by atoms with Crippen molar-refractivity contribution < 1.29 is 9.59 Å². The molecule has 0 bridgehead atoms. The van der Waals surface area contributed by atoms with Gasteiger partial charge in [0.25, 0.3) is 5.91 Å². The third-order valence-electron chi connectivity index (χ3n) is 3.60. The van der Waals surface area contributed by atoms with E-state index in [1.54, 1.807) is 0 Å². The van der Waals surface area contributed by atoms with Crippen LogP contribution in [0, 0.1) is 0 Å². The minimum absolute atomic E-state index is 0.00831. The maximum atomic E-state index is 12.6. The zero-order chi connectivity index (χ0) is 15.4. The molecule has 0 spiro atoms. The number of benzene rings is 1. The minimum atomic E-state index is 0.00831. The fourth-order valence-corrected chi connectivity index (χ4v) is 3.20. The van der Waals surface area contributed by atoms with E-state index in [1.165, 1.54) is 0 Å². The monoisotopic (exact) mass is 416 g/mol. The van der Waals surface area contributed by atoms with E-state index in [-0.39, 0.29) is 11.8 Å². The van der Waals surface area contributed by atoms with Crippen LogP contribution in [0.5, 0.6) is 0 Å². The number of hydrogen-bond donors (Lipinski definition) is 0. The summed E-state index contributed by atoms with van der Waals surface area (Å²) in [6, 6.07) is 5.58. The predicted molar refractivity (Wildman–Crippen MR) is 89.2 cm³/mol.